The van der Waals surface area contributed by atoms with Crippen molar-refractivity contribution in [3.63, 3.8) is 0 Å². The molecule has 5 nitrogen and oxygen atoms in total. The average molecular weight is 298 g/mol. The van der Waals surface area contributed by atoms with Crippen LogP contribution in [-0.4, -0.2) is 39.5 Å². The molecule has 22 heavy (non-hydrogen) atoms. The molecule has 0 saturated heterocycles. The second-order valence-corrected chi connectivity index (χ2v) is 6.05. The zero-order chi connectivity index (χ0) is 15.5. The first-order valence-corrected chi connectivity index (χ1v) is 7.70. The number of nitrogens with one attached hydrogen (secondary N) is 1. The summed E-state index contributed by atoms with van der Waals surface area (Å²) in [6, 6.07) is 8.69. The highest BCUT2D eigenvalue weighted by Gasteiger charge is 2.19. The SMILES string of the molecule is CC(CN1CCc2ccccc2C1)NC(=O)c1cn(C)cn1. The van der Waals surface area contributed by atoms with Crippen LogP contribution in [0.3, 0.4) is 0 Å². The molecule has 0 spiro atoms. The molecule has 1 amide bonds. The molecular formula is C17H22N4O. The predicted molar refractivity (Wildman–Crippen MR) is 85.6 cm³/mol. The number of aryl methyl sites for hydroxylation is 1. The lowest BCUT2D eigenvalue weighted by molar-refractivity contribution is 0.0922. The minimum absolute atomic E-state index is 0.0970. The van der Waals surface area contributed by atoms with Crippen LogP contribution in [0.4, 0.5) is 0 Å². The quantitative estimate of drug-likeness (QED) is 0.933. The zero-order valence-corrected chi connectivity index (χ0v) is 13.1. The number of hydrogen-bond acceptors (Lipinski definition) is 3. The minimum Gasteiger partial charge on any atom is -0.347 e. The Balaban J connectivity index is 1.54. The van der Waals surface area contributed by atoms with Gasteiger partial charge in [0.05, 0.1) is 6.33 Å². The van der Waals surface area contributed by atoms with Gasteiger partial charge in [-0.1, -0.05) is 24.3 Å². The Bertz CT molecular complexity index is 664. The Kier molecular flexibility index (Phi) is 4.24. The van der Waals surface area contributed by atoms with Gasteiger partial charge in [0.25, 0.3) is 5.91 Å². The van der Waals surface area contributed by atoms with Gasteiger partial charge in [0.2, 0.25) is 0 Å². The standard InChI is InChI=1S/C17H22N4O/c1-13(19-17(22)16-11-20(2)12-18-16)9-21-8-7-14-5-3-4-6-15(14)10-21/h3-6,11-13H,7-10H2,1-2H3,(H,19,22). The van der Waals surface area contributed by atoms with Gasteiger partial charge in [-0.05, 0) is 24.5 Å². The van der Waals surface area contributed by atoms with E-state index in [2.05, 4.69) is 39.5 Å². The van der Waals surface area contributed by atoms with E-state index in [0.29, 0.717) is 5.69 Å². The van der Waals surface area contributed by atoms with E-state index in [0.717, 1.165) is 26.1 Å². The van der Waals surface area contributed by atoms with Crippen molar-refractivity contribution < 1.29 is 4.79 Å². The van der Waals surface area contributed by atoms with Crippen molar-refractivity contribution in [3.8, 4) is 0 Å². The number of nitrogens with zero attached hydrogens (tertiary/aromatic N) is 3. The Labute approximate surface area is 131 Å². The molecule has 2 heterocycles. The molecule has 1 unspecified atom stereocenters. The van der Waals surface area contributed by atoms with Gasteiger partial charge in [-0.25, -0.2) is 4.98 Å². The molecule has 0 fully saturated rings. The second-order valence-electron chi connectivity index (χ2n) is 6.05. The summed E-state index contributed by atoms with van der Waals surface area (Å²) in [4.78, 5) is 18.6. The van der Waals surface area contributed by atoms with Crippen LogP contribution in [0.5, 0.6) is 0 Å². The van der Waals surface area contributed by atoms with Gasteiger partial charge in [-0.15, -0.1) is 0 Å². The van der Waals surface area contributed by atoms with E-state index < -0.39 is 0 Å². The van der Waals surface area contributed by atoms with Gasteiger partial charge in [-0.3, -0.25) is 9.69 Å². The van der Waals surface area contributed by atoms with Crippen molar-refractivity contribution in [2.24, 2.45) is 7.05 Å². The molecule has 0 bridgehead atoms. The summed E-state index contributed by atoms with van der Waals surface area (Å²) in [7, 11) is 1.86. The van der Waals surface area contributed by atoms with Crippen LogP contribution in [0.25, 0.3) is 0 Å². The summed E-state index contributed by atoms with van der Waals surface area (Å²) in [5.74, 6) is -0.106. The normalized spacial score (nSPS) is 16.1. The smallest absolute Gasteiger partial charge is 0.271 e. The second kappa shape index (κ2) is 6.32. The van der Waals surface area contributed by atoms with Crippen molar-refractivity contribution in [2.45, 2.75) is 25.9 Å². The van der Waals surface area contributed by atoms with Gasteiger partial charge in [-0.2, -0.15) is 0 Å². The number of amides is 1. The van der Waals surface area contributed by atoms with E-state index in [1.54, 1.807) is 17.1 Å². The molecular weight excluding hydrogens is 276 g/mol. The number of benzene rings is 1. The minimum atomic E-state index is -0.106. The fraction of sp³-hybridized carbons (Fsp3) is 0.412. The first kappa shape index (κ1) is 14.8. The molecule has 0 saturated carbocycles. The highest BCUT2D eigenvalue weighted by molar-refractivity contribution is 5.92. The van der Waals surface area contributed by atoms with Crippen LogP contribution >= 0.6 is 0 Å². The van der Waals surface area contributed by atoms with Gasteiger partial charge < -0.3 is 9.88 Å². The van der Waals surface area contributed by atoms with Crippen LogP contribution in [-0.2, 0) is 20.0 Å². The van der Waals surface area contributed by atoms with E-state index in [1.165, 1.54) is 11.1 Å². The van der Waals surface area contributed by atoms with Crippen LogP contribution in [0, 0.1) is 0 Å². The third-order valence-corrected chi connectivity index (χ3v) is 4.06. The summed E-state index contributed by atoms with van der Waals surface area (Å²) in [6.45, 7) is 4.90. The number of rotatable bonds is 4. The van der Waals surface area contributed by atoms with Crippen LogP contribution < -0.4 is 5.32 Å². The van der Waals surface area contributed by atoms with Crippen molar-refractivity contribution in [3.05, 3.63) is 53.6 Å². The number of aromatic nitrogens is 2. The summed E-state index contributed by atoms with van der Waals surface area (Å²) in [5, 5.41) is 3.02. The summed E-state index contributed by atoms with van der Waals surface area (Å²) < 4.78 is 1.78. The van der Waals surface area contributed by atoms with E-state index >= 15 is 0 Å². The molecule has 116 valence electrons. The molecule has 1 N–H and O–H groups in total. The summed E-state index contributed by atoms with van der Waals surface area (Å²) in [5.41, 5.74) is 3.32. The predicted octanol–water partition coefficient (Wildman–Crippen LogP) is 1.60. The number of carbonyl (C=O) groups excluding carboxylic acids is 1. The van der Waals surface area contributed by atoms with E-state index in [-0.39, 0.29) is 11.9 Å². The topological polar surface area (TPSA) is 50.2 Å². The maximum atomic E-state index is 12.1. The molecule has 1 aromatic carbocycles. The molecule has 1 aliphatic rings. The Morgan fingerprint density at radius 3 is 2.86 bits per heavy atom. The van der Waals surface area contributed by atoms with Gasteiger partial charge in [0.15, 0.2) is 0 Å². The molecule has 3 rings (SSSR count). The van der Waals surface area contributed by atoms with Crippen molar-refractivity contribution >= 4 is 5.91 Å². The fourth-order valence-electron chi connectivity index (χ4n) is 2.97. The lowest BCUT2D eigenvalue weighted by Crippen LogP contribution is -2.43. The van der Waals surface area contributed by atoms with E-state index in [4.69, 9.17) is 0 Å². The summed E-state index contributed by atoms with van der Waals surface area (Å²) in [6.07, 6.45) is 4.46. The summed E-state index contributed by atoms with van der Waals surface area (Å²) >= 11 is 0. The maximum Gasteiger partial charge on any atom is 0.271 e. The van der Waals surface area contributed by atoms with Crippen molar-refractivity contribution in [1.29, 1.82) is 0 Å². The number of hydrogen-bond donors (Lipinski definition) is 1. The molecule has 1 atom stereocenters. The van der Waals surface area contributed by atoms with Crippen LogP contribution in [0.15, 0.2) is 36.8 Å². The third kappa shape index (κ3) is 3.36. The zero-order valence-electron chi connectivity index (χ0n) is 13.1. The number of imidazole rings is 1. The monoisotopic (exact) mass is 298 g/mol. The van der Waals surface area contributed by atoms with Gasteiger partial charge in [0, 0.05) is 38.9 Å². The lowest BCUT2D eigenvalue weighted by Gasteiger charge is -2.31. The van der Waals surface area contributed by atoms with Crippen LogP contribution in [0.2, 0.25) is 0 Å². The lowest BCUT2D eigenvalue weighted by atomic mass is 10.00. The highest BCUT2D eigenvalue weighted by Crippen LogP contribution is 2.18. The molecule has 1 aliphatic heterocycles. The highest BCUT2D eigenvalue weighted by atomic mass is 16.2. The van der Waals surface area contributed by atoms with Crippen LogP contribution in [0.1, 0.15) is 28.5 Å². The first-order chi connectivity index (χ1) is 10.6. The fourth-order valence-corrected chi connectivity index (χ4v) is 2.97. The molecule has 0 aliphatic carbocycles. The molecule has 0 radical (unpaired) electrons. The van der Waals surface area contributed by atoms with Gasteiger partial charge >= 0.3 is 0 Å². The Morgan fingerprint density at radius 1 is 1.36 bits per heavy atom. The average Bonchev–Trinajstić information content (AvgIpc) is 2.94. The van der Waals surface area contributed by atoms with E-state index in [1.807, 2.05) is 14.0 Å². The van der Waals surface area contributed by atoms with E-state index in [9.17, 15) is 4.79 Å². The molecule has 2 aromatic rings. The van der Waals surface area contributed by atoms with Crippen molar-refractivity contribution in [2.75, 3.05) is 13.1 Å². The largest absolute Gasteiger partial charge is 0.347 e. The van der Waals surface area contributed by atoms with Gasteiger partial charge in [0.1, 0.15) is 5.69 Å². The molecule has 1 aromatic heterocycles. The number of carbonyl (C=O) groups is 1. The Hall–Kier alpha value is -2.14. The van der Waals surface area contributed by atoms with Crippen molar-refractivity contribution in [1.82, 2.24) is 19.8 Å². The maximum absolute atomic E-state index is 12.1. The Morgan fingerprint density at radius 2 is 2.14 bits per heavy atom. The number of fused-ring (bicyclic) bond motifs is 1. The molecule has 5 heteroatoms. The first-order valence-electron chi connectivity index (χ1n) is 7.70. The third-order valence-electron chi connectivity index (χ3n) is 4.06.